The predicted molar refractivity (Wildman–Crippen MR) is 74.7 cm³/mol. The molecule has 2 aromatic carbocycles. The van der Waals surface area contributed by atoms with Crippen LogP contribution in [-0.4, -0.2) is 6.61 Å². The number of rotatable bonds is 2. The van der Waals surface area contributed by atoms with Crippen molar-refractivity contribution in [2.75, 3.05) is 6.61 Å². The molecule has 0 bridgehead atoms. The smallest absolute Gasteiger partial charge is 0.129 e. The molecule has 0 aliphatic carbocycles. The Morgan fingerprint density at radius 1 is 1.16 bits per heavy atom. The van der Waals surface area contributed by atoms with Crippen LogP contribution in [0.3, 0.4) is 0 Å². The van der Waals surface area contributed by atoms with Crippen molar-refractivity contribution in [2.45, 2.75) is 11.8 Å². The van der Waals surface area contributed by atoms with Gasteiger partial charge >= 0.3 is 0 Å². The van der Waals surface area contributed by atoms with Gasteiger partial charge in [-0.2, -0.15) is 0 Å². The standard InChI is InChI=1S/C15H11Cl2FO/c16-11-2-3-12(13(18)8-11)15(17)10-1-4-14-9(7-10)5-6-19-14/h1-4,7-8,15H,5-6H2. The first-order chi connectivity index (χ1) is 9.15. The second kappa shape index (κ2) is 5.03. The van der Waals surface area contributed by atoms with E-state index in [1.165, 1.54) is 6.07 Å². The van der Waals surface area contributed by atoms with E-state index < -0.39 is 5.38 Å². The molecule has 1 atom stereocenters. The molecule has 1 aliphatic heterocycles. The minimum atomic E-state index is -0.525. The third-order valence-corrected chi connectivity index (χ3v) is 3.96. The number of benzene rings is 2. The summed E-state index contributed by atoms with van der Waals surface area (Å²) in [6.07, 6.45) is 0.871. The molecule has 0 fully saturated rings. The summed E-state index contributed by atoms with van der Waals surface area (Å²) in [5, 5.41) is -0.157. The average molecular weight is 297 g/mol. The van der Waals surface area contributed by atoms with Gasteiger partial charge in [0.1, 0.15) is 11.6 Å². The fourth-order valence-corrected chi connectivity index (χ4v) is 2.72. The molecule has 0 saturated heterocycles. The minimum Gasteiger partial charge on any atom is -0.493 e. The van der Waals surface area contributed by atoms with Crippen LogP contribution in [0.2, 0.25) is 5.02 Å². The molecule has 19 heavy (non-hydrogen) atoms. The van der Waals surface area contributed by atoms with Gasteiger partial charge in [0.2, 0.25) is 0 Å². The van der Waals surface area contributed by atoms with Crippen LogP contribution >= 0.6 is 23.2 Å². The molecule has 2 aromatic rings. The van der Waals surface area contributed by atoms with Crippen LogP contribution in [0.4, 0.5) is 4.39 Å². The molecule has 0 radical (unpaired) electrons. The Bertz CT molecular complexity index is 628. The molecule has 98 valence electrons. The number of ether oxygens (including phenoxy) is 1. The second-order valence-corrected chi connectivity index (χ2v) is 5.37. The molecule has 3 rings (SSSR count). The van der Waals surface area contributed by atoms with Crippen molar-refractivity contribution >= 4 is 23.2 Å². The fraction of sp³-hybridized carbons (Fsp3) is 0.200. The highest BCUT2D eigenvalue weighted by atomic mass is 35.5. The van der Waals surface area contributed by atoms with Gasteiger partial charge in [0, 0.05) is 17.0 Å². The maximum atomic E-state index is 13.9. The summed E-state index contributed by atoms with van der Waals surface area (Å²) in [6.45, 7) is 0.695. The van der Waals surface area contributed by atoms with E-state index in [0.717, 1.165) is 23.3 Å². The lowest BCUT2D eigenvalue weighted by molar-refractivity contribution is 0.357. The van der Waals surface area contributed by atoms with E-state index in [2.05, 4.69) is 0 Å². The van der Waals surface area contributed by atoms with E-state index in [1.54, 1.807) is 12.1 Å². The summed E-state index contributed by atoms with van der Waals surface area (Å²) in [5.41, 5.74) is 2.43. The van der Waals surface area contributed by atoms with Crippen molar-refractivity contribution in [3.63, 3.8) is 0 Å². The fourth-order valence-electron chi connectivity index (χ4n) is 2.25. The zero-order valence-electron chi connectivity index (χ0n) is 10.00. The number of hydrogen-bond acceptors (Lipinski definition) is 1. The SMILES string of the molecule is Fc1cc(Cl)ccc1C(Cl)c1ccc2c(c1)CCO2. The third kappa shape index (κ3) is 2.43. The van der Waals surface area contributed by atoms with Gasteiger partial charge in [-0.05, 0) is 29.3 Å². The lowest BCUT2D eigenvalue weighted by Gasteiger charge is -2.12. The normalized spacial score (nSPS) is 14.9. The molecule has 1 aliphatic rings. The molecular weight excluding hydrogens is 286 g/mol. The van der Waals surface area contributed by atoms with Gasteiger partial charge in [0.05, 0.1) is 12.0 Å². The van der Waals surface area contributed by atoms with E-state index in [9.17, 15) is 4.39 Å². The Kier molecular flexibility index (Phi) is 3.38. The quantitative estimate of drug-likeness (QED) is 0.727. The first-order valence-corrected chi connectivity index (χ1v) is 6.81. The zero-order chi connectivity index (χ0) is 13.4. The predicted octanol–water partition coefficient (Wildman–Crippen LogP) is 4.74. The van der Waals surface area contributed by atoms with Gasteiger partial charge in [0.25, 0.3) is 0 Å². The van der Waals surface area contributed by atoms with Crippen LogP contribution in [0.1, 0.15) is 22.1 Å². The maximum absolute atomic E-state index is 13.9. The van der Waals surface area contributed by atoms with E-state index in [-0.39, 0.29) is 5.82 Å². The number of fused-ring (bicyclic) bond motifs is 1. The molecule has 0 spiro atoms. The Hall–Kier alpha value is -1.25. The van der Waals surface area contributed by atoms with Crippen LogP contribution in [0.15, 0.2) is 36.4 Å². The van der Waals surface area contributed by atoms with Crippen molar-refractivity contribution in [3.05, 3.63) is 63.9 Å². The van der Waals surface area contributed by atoms with E-state index >= 15 is 0 Å². The van der Waals surface area contributed by atoms with Gasteiger partial charge in [-0.3, -0.25) is 0 Å². The highest BCUT2D eigenvalue weighted by Crippen LogP contribution is 2.35. The van der Waals surface area contributed by atoms with Crippen molar-refractivity contribution in [1.82, 2.24) is 0 Å². The molecule has 0 saturated carbocycles. The van der Waals surface area contributed by atoms with E-state index in [1.807, 2.05) is 18.2 Å². The van der Waals surface area contributed by atoms with E-state index in [0.29, 0.717) is 17.2 Å². The molecule has 1 unspecified atom stereocenters. The van der Waals surface area contributed by atoms with Crippen LogP contribution < -0.4 is 4.74 Å². The monoisotopic (exact) mass is 296 g/mol. The highest BCUT2D eigenvalue weighted by molar-refractivity contribution is 6.30. The van der Waals surface area contributed by atoms with Gasteiger partial charge in [-0.25, -0.2) is 4.39 Å². The average Bonchev–Trinajstić information content (AvgIpc) is 2.85. The summed E-state index contributed by atoms with van der Waals surface area (Å²) < 4.78 is 19.3. The Balaban J connectivity index is 1.97. The maximum Gasteiger partial charge on any atom is 0.129 e. The molecule has 0 amide bonds. The van der Waals surface area contributed by atoms with Crippen LogP contribution in [0.5, 0.6) is 5.75 Å². The minimum absolute atomic E-state index is 0.368. The second-order valence-electron chi connectivity index (χ2n) is 4.49. The van der Waals surface area contributed by atoms with Gasteiger partial charge in [-0.15, -0.1) is 11.6 Å². The molecule has 0 aromatic heterocycles. The summed E-state index contributed by atoms with van der Waals surface area (Å²) in [4.78, 5) is 0. The van der Waals surface area contributed by atoms with Crippen molar-refractivity contribution in [1.29, 1.82) is 0 Å². The summed E-state index contributed by atoms with van der Waals surface area (Å²) in [6, 6.07) is 10.3. The van der Waals surface area contributed by atoms with E-state index in [4.69, 9.17) is 27.9 Å². The summed E-state index contributed by atoms with van der Waals surface area (Å²) in [7, 11) is 0. The van der Waals surface area contributed by atoms with Gasteiger partial charge in [-0.1, -0.05) is 29.8 Å². The number of halogens is 3. The topological polar surface area (TPSA) is 9.23 Å². The molecular formula is C15H11Cl2FO. The molecule has 0 N–H and O–H groups in total. The molecule has 4 heteroatoms. The Labute approximate surface area is 120 Å². The summed E-state index contributed by atoms with van der Waals surface area (Å²) >= 11 is 12.1. The molecule has 1 nitrogen and oxygen atoms in total. The van der Waals surface area contributed by atoms with Crippen molar-refractivity contribution < 1.29 is 9.13 Å². The Morgan fingerprint density at radius 3 is 2.79 bits per heavy atom. The number of alkyl halides is 1. The van der Waals surface area contributed by atoms with Crippen LogP contribution in [0, 0.1) is 5.82 Å². The van der Waals surface area contributed by atoms with Crippen molar-refractivity contribution in [3.8, 4) is 5.75 Å². The largest absolute Gasteiger partial charge is 0.493 e. The highest BCUT2D eigenvalue weighted by Gasteiger charge is 2.19. The third-order valence-electron chi connectivity index (χ3n) is 3.24. The molecule has 1 heterocycles. The summed E-state index contributed by atoms with van der Waals surface area (Å²) in [5.74, 6) is 0.508. The number of hydrogen-bond donors (Lipinski definition) is 0. The van der Waals surface area contributed by atoms with Gasteiger partial charge < -0.3 is 4.74 Å². The zero-order valence-corrected chi connectivity index (χ0v) is 11.5. The lowest BCUT2D eigenvalue weighted by Crippen LogP contribution is -1.97. The Morgan fingerprint density at radius 2 is 2.00 bits per heavy atom. The van der Waals surface area contributed by atoms with Crippen molar-refractivity contribution in [2.24, 2.45) is 0 Å². The van der Waals surface area contributed by atoms with Crippen LogP contribution in [0.25, 0.3) is 0 Å². The van der Waals surface area contributed by atoms with Gasteiger partial charge in [0.15, 0.2) is 0 Å². The first kappa shape index (κ1) is 12.8. The van der Waals surface area contributed by atoms with Crippen LogP contribution in [-0.2, 0) is 6.42 Å². The lowest BCUT2D eigenvalue weighted by atomic mass is 10.0. The first-order valence-electron chi connectivity index (χ1n) is 6.00.